The maximum atomic E-state index is 12.7. The Hall–Kier alpha value is -3.44. The normalized spacial score (nSPS) is 11.4. The summed E-state index contributed by atoms with van der Waals surface area (Å²) in [7, 11) is -2.67. The number of hydrazone groups is 1. The summed E-state index contributed by atoms with van der Waals surface area (Å²) in [5, 5.41) is 15.5. The molecular weight excluding hydrogens is 428 g/mol. The molecule has 0 aliphatic carbocycles. The molecule has 0 atom stereocenters. The Labute approximate surface area is 177 Å². The van der Waals surface area contributed by atoms with Gasteiger partial charge in [0.25, 0.3) is 15.7 Å². The van der Waals surface area contributed by atoms with Gasteiger partial charge in [0, 0.05) is 15.8 Å². The second-order valence-electron chi connectivity index (χ2n) is 6.06. The quantitative estimate of drug-likeness (QED) is 0.303. The highest BCUT2D eigenvalue weighted by molar-refractivity contribution is 7.92. The molecule has 11 heteroatoms. The molecule has 0 fully saturated rings. The first-order valence-electron chi connectivity index (χ1n) is 8.60. The molecule has 30 heavy (non-hydrogen) atoms. The molecule has 0 saturated heterocycles. The van der Waals surface area contributed by atoms with Crippen LogP contribution in [0.5, 0.6) is 5.75 Å². The Morgan fingerprint density at radius 2 is 1.90 bits per heavy atom. The fraction of sp³-hybridized carbons (Fsp3) is 0.105. The number of aryl methyl sites for hydroxylation is 1. The van der Waals surface area contributed by atoms with E-state index in [0.717, 1.165) is 15.8 Å². The van der Waals surface area contributed by atoms with Crippen molar-refractivity contribution in [1.82, 2.24) is 0 Å². The van der Waals surface area contributed by atoms with Crippen molar-refractivity contribution in [1.29, 1.82) is 0 Å². The van der Waals surface area contributed by atoms with Crippen LogP contribution < -0.4 is 14.9 Å². The van der Waals surface area contributed by atoms with Crippen molar-refractivity contribution in [2.24, 2.45) is 5.10 Å². The molecular formula is C19H18N4O5S2. The lowest BCUT2D eigenvalue weighted by Crippen LogP contribution is -2.14. The van der Waals surface area contributed by atoms with Crippen molar-refractivity contribution in [2.75, 3.05) is 17.3 Å². The third kappa shape index (κ3) is 4.93. The number of thiophene rings is 1. The van der Waals surface area contributed by atoms with Gasteiger partial charge in [0.2, 0.25) is 0 Å². The number of nitro benzene ring substituents is 1. The maximum absolute atomic E-state index is 12.7. The molecule has 156 valence electrons. The zero-order valence-electron chi connectivity index (χ0n) is 16.0. The topological polar surface area (TPSA) is 123 Å². The van der Waals surface area contributed by atoms with Gasteiger partial charge in [-0.05, 0) is 43.3 Å². The van der Waals surface area contributed by atoms with Crippen LogP contribution in [0.25, 0.3) is 0 Å². The van der Waals surface area contributed by atoms with Crippen LogP contribution in [0.3, 0.4) is 0 Å². The Balaban J connectivity index is 1.86. The third-order valence-electron chi connectivity index (χ3n) is 3.97. The van der Waals surface area contributed by atoms with E-state index in [9.17, 15) is 18.5 Å². The number of nitrogens with zero attached hydrogens (tertiary/aromatic N) is 2. The first kappa shape index (κ1) is 21.3. The molecule has 0 bridgehead atoms. The lowest BCUT2D eigenvalue weighted by Gasteiger charge is -2.12. The Morgan fingerprint density at radius 3 is 2.57 bits per heavy atom. The molecule has 0 radical (unpaired) electrons. The number of methoxy groups -OCH3 is 1. The zero-order valence-corrected chi connectivity index (χ0v) is 17.7. The number of benzene rings is 2. The molecule has 3 aromatic rings. The molecule has 0 amide bonds. The SMILES string of the molecule is COc1ccccc1NS(=O)(=O)c1ccc(N/N=C/c2ccc(C)s2)c([N+](=O)[O-])c1. The van der Waals surface area contributed by atoms with E-state index in [-0.39, 0.29) is 16.3 Å². The van der Waals surface area contributed by atoms with Crippen LogP contribution >= 0.6 is 11.3 Å². The minimum atomic E-state index is -4.08. The highest BCUT2D eigenvalue weighted by Gasteiger charge is 2.22. The lowest BCUT2D eigenvalue weighted by molar-refractivity contribution is -0.384. The summed E-state index contributed by atoms with van der Waals surface area (Å²) in [6, 6.07) is 13.8. The van der Waals surface area contributed by atoms with Crippen LogP contribution in [0.1, 0.15) is 9.75 Å². The van der Waals surface area contributed by atoms with Gasteiger partial charge in [0.1, 0.15) is 11.4 Å². The van der Waals surface area contributed by atoms with E-state index < -0.39 is 20.6 Å². The van der Waals surface area contributed by atoms with Gasteiger partial charge in [0.15, 0.2) is 0 Å². The van der Waals surface area contributed by atoms with Crippen LogP contribution in [0.2, 0.25) is 0 Å². The van der Waals surface area contributed by atoms with E-state index in [1.54, 1.807) is 18.2 Å². The fourth-order valence-electron chi connectivity index (χ4n) is 2.55. The molecule has 1 heterocycles. The number of nitro groups is 1. The number of hydrogen-bond acceptors (Lipinski definition) is 8. The molecule has 2 aromatic carbocycles. The molecule has 9 nitrogen and oxygen atoms in total. The smallest absolute Gasteiger partial charge is 0.295 e. The number of sulfonamides is 1. The predicted molar refractivity (Wildman–Crippen MR) is 117 cm³/mol. The van der Waals surface area contributed by atoms with Crippen LogP contribution in [-0.4, -0.2) is 26.7 Å². The monoisotopic (exact) mass is 446 g/mol. The molecule has 2 N–H and O–H groups in total. The standard InChI is InChI=1S/C19H18N4O5S2/c1-13-7-8-14(29-13)12-20-21-16-10-9-15(11-18(16)23(24)25)30(26,27)22-17-5-3-4-6-19(17)28-2/h3-12,21-22H,1-2H3/b20-12+. The number of ether oxygens (including phenoxy) is 1. The highest BCUT2D eigenvalue weighted by atomic mass is 32.2. The van der Waals surface area contributed by atoms with Crippen molar-refractivity contribution in [3.8, 4) is 5.75 Å². The van der Waals surface area contributed by atoms with Crippen LogP contribution in [0.4, 0.5) is 17.1 Å². The minimum Gasteiger partial charge on any atom is -0.495 e. The van der Waals surface area contributed by atoms with E-state index >= 15 is 0 Å². The van der Waals surface area contributed by atoms with Crippen molar-refractivity contribution in [3.05, 3.63) is 74.5 Å². The van der Waals surface area contributed by atoms with E-state index in [1.807, 2.05) is 19.1 Å². The zero-order chi connectivity index (χ0) is 21.7. The Bertz CT molecular complexity index is 1210. The number of rotatable bonds is 8. The first-order chi connectivity index (χ1) is 14.3. The van der Waals surface area contributed by atoms with E-state index in [0.29, 0.717) is 5.75 Å². The number of hydrogen-bond donors (Lipinski definition) is 2. The van der Waals surface area contributed by atoms with E-state index in [2.05, 4.69) is 15.2 Å². The van der Waals surface area contributed by atoms with Gasteiger partial charge in [-0.3, -0.25) is 20.3 Å². The molecule has 0 aliphatic rings. The highest BCUT2D eigenvalue weighted by Crippen LogP contribution is 2.30. The third-order valence-corrected chi connectivity index (χ3v) is 6.26. The summed E-state index contributed by atoms with van der Waals surface area (Å²) in [6.07, 6.45) is 1.54. The Kier molecular flexibility index (Phi) is 6.33. The average molecular weight is 447 g/mol. The summed E-state index contributed by atoms with van der Waals surface area (Å²) in [5.41, 5.74) is 2.47. The van der Waals surface area contributed by atoms with Gasteiger partial charge in [-0.2, -0.15) is 5.10 Å². The summed E-state index contributed by atoms with van der Waals surface area (Å²) in [6.45, 7) is 1.96. The maximum Gasteiger partial charge on any atom is 0.295 e. The van der Waals surface area contributed by atoms with Crippen molar-refractivity contribution < 1.29 is 18.1 Å². The summed E-state index contributed by atoms with van der Waals surface area (Å²) < 4.78 is 33.0. The predicted octanol–water partition coefficient (Wildman–Crippen LogP) is 4.22. The lowest BCUT2D eigenvalue weighted by atomic mass is 10.3. The molecule has 0 unspecified atom stereocenters. The van der Waals surface area contributed by atoms with Crippen molar-refractivity contribution in [3.63, 3.8) is 0 Å². The number of anilines is 2. The van der Waals surface area contributed by atoms with Gasteiger partial charge >= 0.3 is 0 Å². The molecule has 0 aliphatic heterocycles. The van der Waals surface area contributed by atoms with Gasteiger partial charge in [0.05, 0.1) is 28.8 Å². The first-order valence-corrected chi connectivity index (χ1v) is 10.9. The van der Waals surface area contributed by atoms with Crippen molar-refractivity contribution >= 4 is 44.6 Å². The molecule has 3 rings (SSSR count). The average Bonchev–Trinajstić information content (AvgIpc) is 3.13. The fourth-order valence-corrected chi connectivity index (χ4v) is 4.38. The number of para-hydroxylation sites is 2. The molecule has 0 spiro atoms. The van der Waals surface area contributed by atoms with Gasteiger partial charge < -0.3 is 4.74 Å². The van der Waals surface area contributed by atoms with E-state index in [1.165, 1.54) is 42.9 Å². The number of nitrogens with one attached hydrogen (secondary N) is 2. The molecule has 1 aromatic heterocycles. The summed E-state index contributed by atoms with van der Waals surface area (Å²) >= 11 is 1.52. The van der Waals surface area contributed by atoms with E-state index in [4.69, 9.17) is 4.74 Å². The molecule has 0 saturated carbocycles. The largest absolute Gasteiger partial charge is 0.495 e. The van der Waals surface area contributed by atoms with Crippen LogP contribution in [-0.2, 0) is 10.0 Å². The Morgan fingerprint density at radius 1 is 1.13 bits per heavy atom. The summed E-state index contributed by atoms with van der Waals surface area (Å²) in [5.74, 6) is 0.326. The summed E-state index contributed by atoms with van der Waals surface area (Å²) in [4.78, 5) is 12.5. The van der Waals surface area contributed by atoms with Crippen LogP contribution in [0, 0.1) is 17.0 Å². The van der Waals surface area contributed by atoms with Gasteiger partial charge in [-0.15, -0.1) is 11.3 Å². The van der Waals surface area contributed by atoms with Crippen molar-refractivity contribution in [2.45, 2.75) is 11.8 Å². The van der Waals surface area contributed by atoms with Crippen LogP contribution in [0.15, 0.2) is 64.6 Å². The van der Waals surface area contributed by atoms with Gasteiger partial charge in [-0.25, -0.2) is 8.42 Å². The second-order valence-corrected chi connectivity index (χ2v) is 9.06. The second kappa shape index (κ2) is 8.93. The minimum absolute atomic E-state index is 0.0702. The van der Waals surface area contributed by atoms with Gasteiger partial charge in [-0.1, -0.05) is 12.1 Å².